The molecule has 8 nitrogen and oxygen atoms in total. The third-order valence-electron chi connectivity index (χ3n) is 5.87. The van der Waals surface area contributed by atoms with Crippen LogP contribution in [0.25, 0.3) is 0 Å². The maximum atomic E-state index is 13.0. The Kier molecular flexibility index (Phi) is 6.28. The van der Waals surface area contributed by atoms with Crippen molar-refractivity contribution in [2.45, 2.75) is 32.5 Å². The van der Waals surface area contributed by atoms with Crippen molar-refractivity contribution in [3.63, 3.8) is 0 Å². The summed E-state index contributed by atoms with van der Waals surface area (Å²) < 4.78 is 40.5. The number of carbonyl (C=O) groups is 1. The van der Waals surface area contributed by atoms with Crippen LogP contribution in [0.1, 0.15) is 19.4 Å². The first-order valence-corrected chi connectivity index (χ1v) is 12.1. The molecule has 0 radical (unpaired) electrons. The molecule has 3 aliphatic rings. The SMILES string of the molecule is CC1CN(S(=O)(=O)N2CCN(C(=O)C3COc4ccc(Cl)cc4C3)CC2)CC(C)O1. The predicted octanol–water partition coefficient (Wildman–Crippen LogP) is 1.39. The topological polar surface area (TPSA) is 79.4 Å². The van der Waals surface area contributed by atoms with Crippen LogP contribution in [0.5, 0.6) is 5.75 Å². The van der Waals surface area contributed by atoms with Crippen molar-refractivity contribution < 1.29 is 22.7 Å². The Bertz CT molecular complexity index is 894. The van der Waals surface area contributed by atoms with E-state index in [0.717, 1.165) is 11.3 Å². The van der Waals surface area contributed by atoms with Crippen LogP contribution in [0.4, 0.5) is 0 Å². The van der Waals surface area contributed by atoms with E-state index in [1.54, 1.807) is 11.0 Å². The van der Waals surface area contributed by atoms with Crippen LogP contribution in [0.2, 0.25) is 5.02 Å². The van der Waals surface area contributed by atoms with Crippen molar-refractivity contribution in [2.75, 3.05) is 45.9 Å². The number of hydrogen-bond acceptors (Lipinski definition) is 5. The van der Waals surface area contributed by atoms with E-state index in [9.17, 15) is 13.2 Å². The van der Waals surface area contributed by atoms with Crippen molar-refractivity contribution in [3.8, 4) is 5.75 Å². The molecule has 1 aromatic rings. The number of amides is 1. The van der Waals surface area contributed by atoms with Crippen molar-refractivity contribution in [1.82, 2.24) is 13.5 Å². The highest BCUT2D eigenvalue weighted by Gasteiger charge is 2.38. The highest BCUT2D eigenvalue weighted by molar-refractivity contribution is 7.86. The van der Waals surface area contributed by atoms with Gasteiger partial charge in [-0.2, -0.15) is 17.0 Å². The summed E-state index contributed by atoms with van der Waals surface area (Å²) >= 11 is 6.07. The third-order valence-corrected chi connectivity index (χ3v) is 8.07. The molecule has 0 bridgehead atoms. The molecule has 30 heavy (non-hydrogen) atoms. The van der Waals surface area contributed by atoms with Crippen molar-refractivity contribution >= 4 is 27.7 Å². The molecule has 4 rings (SSSR count). The highest BCUT2D eigenvalue weighted by Crippen LogP contribution is 2.31. The Balaban J connectivity index is 1.36. The Labute approximate surface area is 182 Å². The first kappa shape index (κ1) is 21.8. The smallest absolute Gasteiger partial charge is 0.282 e. The number of hydrogen-bond donors (Lipinski definition) is 0. The van der Waals surface area contributed by atoms with E-state index in [1.165, 1.54) is 8.61 Å². The van der Waals surface area contributed by atoms with Gasteiger partial charge in [0, 0.05) is 44.3 Å². The van der Waals surface area contributed by atoms with E-state index in [2.05, 4.69) is 0 Å². The summed E-state index contributed by atoms with van der Waals surface area (Å²) in [4.78, 5) is 14.8. The molecular formula is C20H28ClN3O5S. The third kappa shape index (κ3) is 4.45. The minimum Gasteiger partial charge on any atom is -0.492 e. The Hall–Kier alpha value is -1.39. The largest absolute Gasteiger partial charge is 0.492 e. The first-order chi connectivity index (χ1) is 14.2. The van der Waals surface area contributed by atoms with Gasteiger partial charge in [0.2, 0.25) is 5.91 Å². The number of carbonyl (C=O) groups excluding carboxylic acids is 1. The molecule has 3 heterocycles. The zero-order valence-corrected chi connectivity index (χ0v) is 18.9. The van der Waals surface area contributed by atoms with E-state index in [4.69, 9.17) is 21.1 Å². The molecule has 1 amide bonds. The number of nitrogens with zero attached hydrogens (tertiary/aromatic N) is 3. The van der Waals surface area contributed by atoms with Gasteiger partial charge < -0.3 is 14.4 Å². The number of rotatable bonds is 3. The van der Waals surface area contributed by atoms with Crippen LogP contribution < -0.4 is 4.74 Å². The van der Waals surface area contributed by atoms with Crippen molar-refractivity contribution in [3.05, 3.63) is 28.8 Å². The summed E-state index contributed by atoms with van der Waals surface area (Å²) in [6.45, 7) is 6.15. The van der Waals surface area contributed by atoms with Gasteiger partial charge in [-0.15, -0.1) is 0 Å². The lowest BCUT2D eigenvalue weighted by atomic mass is 9.95. The number of benzene rings is 1. The second-order valence-corrected chi connectivity index (χ2v) is 10.6. The summed E-state index contributed by atoms with van der Waals surface area (Å²) in [5, 5.41) is 0.621. The van der Waals surface area contributed by atoms with Gasteiger partial charge in [0.25, 0.3) is 10.2 Å². The normalized spacial score (nSPS) is 28.6. The van der Waals surface area contributed by atoms with Gasteiger partial charge in [0.05, 0.1) is 18.1 Å². The average molecular weight is 458 g/mol. The molecule has 0 aliphatic carbocycles. The summed E-state index contributed by atoms with van der Waals surface area (Å²) in [5.41, 5.74) is 0.934. The molecule has 2 fully saturated rings. The molecule has 0 N–H and O–H groups in total. The molecule has 3 atom stereocenters. The minimum atomic E-state index is -3.56. The maximum Gasteiger partial charge on any atom is 0.282 e. The summed E-state index contributed by atoms with van der Waals surface area (Å²) in [6, 6.07) is 5.44. The number of piperazine rings is 1. The lowest BCUT2D eigenvalue weighted by molar-refractivity contribution is -0.138. The molecule has 2 saturated heterocycles. The van der Waals surface area contributed by atoms with Crippen LogP contribution >= 0.6 is 11.6 Å². The van der Waals surface area contributed by atoms with E-state index >= 15 is 0 Å². The molecule has 10 heteroatoms. The van der Waals surface area contributed by atoms with Crippen molar-refractivity contribution in [1.29, 1.82) is 0 Å². The standard InChI is InChI=1S/C20H28ClN3O5S/c1-14-11-24(12-15(2)29-14)30(26,27)23-7-5-22(6-8-23)20(25)17-9-16-10-18(21)3-4-19(16)28-13-17/h3-4,10,14-15,17H,5-9,11-13H2,1-2H3. The van der Waals surface area contributed by atoms with Gasteiger partial charge in [-0.25, -0.2) is 0 Å². The molecule has 0 aromatic heterocycles. The fraction of sp³-hybridized carbons (Fsp3) is 0.650. The fourth-order valence-corrected chi connectivity index (χ4v) is 6.34. The molecule has 0 saturated carbocycles. The van der Waals surface area contributed by atoms with Gasteiger partial charge in [-0.05, 0) is 44.0 Å². The minimum absolute atomic E-state index is 0.00582. The second-order valence-electron chi connectivity index (χ2n) is 8.27. The number of ether oxygens (including phenoxy) is 2. The maximum absolute atomic E-state index is 13.0. The van der Waals surface area contributed by atoms with Gasteiger partial charge in [0.1, 0.15) is 12.4 Å². The summed E-state index contributed by atoms with van der Waals surface area (Å²) in [5.74, 6) is 0.500. The zero-order chi connectivity index (χ0) is 21.5. The molecule has 3 unspecified atom stereocenters. The molecular weight excluding hydrogens is 430 g/mol. The van der Waals surface area contributed by atoms with E-state index in [1.807, 2.05) is 26.0 Å². The van der Waals surface area contributed by atoms with Crippen LogP contribution in [0.15, 0.2) is 18.2 Å². The van der Waals surface area contributed by atoms with Crippen LogP contribution in [0, 0.1) is 5.92 Å². The van der Waals surface area contributed by atoms with Gasteiger partial charge in [-0.1, -0.05) is 11.6 Å². The van der Waals surface area contributed by atoms with Gasteiger partial charge in [0.15, 0.2) is 0 Å². The number of halogens is 1. The number of morpholine rings is 1. The van der Waals surface area contributed by atoms with E-state index in [0.29, 0.717) is 57.3 Å². The molecule has 166 valence electrons. The van der Waals surface area contributed by atoms with Gasteiger partial charge in [-0.3, -0.25) is 4.79 Å². The van der Waals surface area contributed by atoms with Crippen LogP contribution in [0.3, 0.4) is 0 Å². The van der Waals surface area contributed by atoms with Crippen LogP contribution in [-0.2, 0) is 26.2 Å². The lowest BCUT2D eigenvalue weighted by Crippen LogP contribution is -2.58. The Morgan fingerprint density at radius 2 is 1.73 bits per heavy atom. The Morgan fingerprint density at radius 1 is 1.07 bits per heavy atom. The molecule has 0 spiro atoms. The highest BCUT2D eigenvalue weighted by atomic mass is 35.5. The van der Waals surface area contributed by atoms with Gasteiger partial charge >= 0.3 is 0 Å². The summed E-state index contributed by atoms with van der Waals surface area (Å²) in [7, 11) is -3.56. The monoisotopic (exact) mass is 457 g/mol. The lowest BCUT2D eigenvalue weighted by Gasteiger charge is -2.41. The second kappa shape index (κ2) is 8.63. The summed E-state index contributed by atoms with van der Waals surface area (Å²) in [6.07, 6.45) is 0.319. The average Bonchev–Trinajstić information content (AvgIpc) is 2.72. The quantitative estimate of drug-likeness (QED) is 0.685. The zero-order valence-electron chi connectivity index (χ0n) is 17.3. The van der Waals surface area contributed by atoms with E-state index in [-0.39, 0.29) is 24.0 Å². The number of fused-ring (bicyclic) bond motifs is 1. The van der Waals surface area contributed by atoms with Crippen molar-refractivity contribution in [2.24, 2.45) is 5.92 Å². The Morgan fingerprint density at radius 3 is 2.40 bits per heavy atom. The first-order valence-electron chi connectivity index (χ1n) is 10.3. The predicted molar refractivity (Wildman–Crippen MR) is 113 cm³/mol. The van der Waals surface area contributed by atoms with E-state index < -0.39 is 10.2 Å². The molecule has 3 aliphatic heterocycles. The fourth-order valence-electron chi connectivity index (χ4n) is 4.40. The van der Waals surface area contributed by atoms with Crippen LogP contribution in [-0.4, -0.2) is 85.9 Å². The molecule has 1 aromatic carbocycles.